The molecule has 2 atom stereocenters. The first-order valence-corrected chi connectivity index (χ1v) is 8.23. The molecule has 4 nitrogen and oxygen atoms in total. The van der Waals surface area contributed by atoms with E-state index in [1.165, 1.54) is 0 Å². The molecule has 0 radical (unpaired) electrons. The molecule has 0 saturated carbocycles. The van der Waals surface area contributed by atoms with E-state index in [9.17, 15) is 4.79 Å². The fraction of sp³-hybridized carbons (Fsp3) is 0.611. The SMILES string of the molecule is CC(C(=O)N(C)CCC1CCOCC1)C(N)c1ccccc1.Cl. The van der Waals surface area contributed by atoms with Gasteiger partial charge in [0, 0.05) is 32.8 Å². The summed E-state index contributed by atoms with van der Waals surface area (Å²) in [6.45, 7) is 4.44. The van der Waals surface area contributed by atoms with E-state index in [2.05, 4.69) is 0 Å². The molecular formula is C18H29ClN2O2. The monoisotopic (exact) mass is 340 g/mol. The Labute approximate surface area is 145 Å². The number of nitrogens with zero attached hydrogens (tertiary/aromatic N) is 1. The Hall–Kier alpha value is -1.10. The Kier molecular flexibility index (Phi) is 8.59. The molecule has 1 fully saturated rings. The van der Waals surface area contributed by atoms with Crippen LogP contribution in [0.15, 0.2) is 30.3 Å². The fourth-order valence-corrected chi connectivity index (χ4v) is 2.99. The second-order valence-corrected chi connectivity index (χ2v) is 6.33. The van der Waals surface area contributed by atoms with E-state index >= 15 is 0 Å². The minimum atomic E-state index is -0.251. The number of halogens is 1. The van der Waals surface area contributed by atoms with Gasteiger partial charge in [-0.25, -0.2) is 0 Å². The summed E-state index contributed by atoms with van der Waals surface area (Å²) in [5.41, 5.74) is 7.27. The van der Waals surface area contributed by atoms with Crippen LogP contribution >= 0.6 is 12.4 Å². The first kappa shape index (κ1) is 19.9. The summed E-state index contributed by atoms with van der Waals surface area (Å²) in [5.74, 6) is 0.604. The van der Waals surface area contributed by atoms with Crippen molar-refractivity contribution in [3.05, 3.63) is 35.9 Å². The van der Waals surface area contributed by atoms with Gasteiger partial charge in [-0.05, 0) is 30.7 Å². The molecule has 0 aliphatic carbocycles. The molecule has 23 heavy (non-hydrogen) atoms. The summed E-state index contributed by atoms with van der Waals surface area (Å²) in [6, 6.07) is 9.59. The van der Waals surface area contributed by atoms with E-state index in [4.69, 9.17) is 10.5 Å². The third-order valence-electron chi connectivity index (χ3n) is 4.70. The maximum atomic E-state index is 12.6. The van der Waals surface area contributed by atoms with Gasteiger partial charge in [-0.15, -0.1) is 12.4 Å². The highest BCUT2D eigenvalue weighted by atomic mass is 35.5. The third-order valence-corrected chi connectivity index (χ3v) is 4.70. The predicted octanol–water partition coefficient (Wildman–Crippen LogP) is 3.02. The molecule has 1 aliphatic rings. The van der Waals surface area contributed by atoms with Crippen molar-refractivity contribution in [2.24, 2.45) is 17.6 Å². The van der Waals surface area contributed by atoms with Crippen molar-refractivity contribution in [1.82, 2.24) is 4.90 Å². The van der Waals surface area contributed by atoms with Gasteiger partial charge in [0.25, 0.3) is 0 Å². The lowest BCUT2D eigenvalue weighted by Crippen LogP contribution is -2.38. The maximum Gasteiger partial charge on any atom is 0.227 e. The van der Waals surface area contributed by atoms with Crippen molar-refractivity contribution < 1.29 is 9.53 Å². The number of hydrogen-bond acceptors (Lipinski definition) is 3. The topological polar surface area (TPSA) is 55.6 Å². The second kappa shape index (κ2) is 9.91. The lowest BCUT2D eigenvalue weighted by Gasteiger charge is -2.28. The van der Waals surface area contributed by atoms with Gasteiger partial charge in [-0.2, -0.15) is 0 Å². The molecule has 2 unspecified atom stereocenters. The van der Waals surface area contributed by atoms with Crippen LogP contribution in [0.5, 0.6) is 0 Å². The normalized spacial score (nSPS) is 17.9. The smallest absolute Gasteiger partial charge is 0.227 e. The Bertz CT molecular complexity index is 463. The van der Waals surface area contributed by atoms with Crippen molar-refractivity contribution in [2.45, 2.75) is 32.2 Å². The van der Waals surface area contributed by atoms with E-state index in [1.54, 1.807) is 0 Å². The van der Waals surface area contributed by atoms with Gasteiger partial charge in [0.1, 0.15) is 0 Å². The number of amides is 1. The molecule has 130 valence electrons. The largest absolute Gasteiger partial charge is 0.381 e. The summed E-state index contributed by atoms with van der Waals surface area (Å²) in [5, 5.41) is 0. The summed E-state index contributed by atoms with van der Waals surface area (Å²) >= 11 is 0. The molecular weight excluding hydrogens is 312 g/mol. The lowest BCUT2D eigenvalue weighted by atomic mass is 9.93. The molecule has 2 rings (SSSR count). The summed E-state index contributed by atoms with van der Waals surface area (Å²) in [7, 11) is 1.88. The molecule has 1 aliphatic heterocycles. The van der Waals surface area contributed by atoms with Gasteiger partial charge >= 0.3 is 0 Å². The average Bonchev–Trinajstić information content (AvgIpc) is 2.59. The van der Waals surface area contributed by atoms with Crippen molar-refractivity contribution in [3.63, 3.8) is 0 Å². The summed E-state index contributed by atoms with van der Waals surface area (Å²) in [6.07, 6.45) is 3.28. The predicted molar refractivity (Wildman–Crippen MR) is 95.6 cm³/mol. The highest BCUT2D eigenvalue weighted by molar-refractivity contribution is 5.85. The minimum absolute atomic E-state index is 0. The summed E-state index contributed by atoms with van der Waals surface area (Å²) < 4.78 is 5.38. The maximum absolute atomic E-state index is 12.6. The third kappa shape index (κ3) is 5.79. The number of carbonyl (C=O) groups is 1. The molecule has 1 aromatic rings. The fourth-order valence-electron chi connectivity index (χ4n) is 2.99. The molecule has 2 N–H and O–H groups in total. The van der Waals surface area contributed by atoms with Crippen LogP contribution in [0.3, 0.4) is 0 Å². The molecule has 1 saturated heterocycles. The van der Waals surface area contributed by atoms with Crippen LogP contribution in [-0.2, 0) is 9.53 Å². The zero-order valence-corrected chi connectivity index (χ0v) is 14.9. The van der Waals surface area contributed by atoms with E-state index < -0.39 is 0 Å². The molecule has 5 heteroatoms. The number of nitrogens with two attached hydrogens (primary N) is 1. The number of ether oxygens (including phenoxy) is 1. The van der Waals surface area contributed by atoms with Crippen LogP contribution in [0, 0.1) is 11.8 Å². The zero-order chi connectivity index (χ0) is 15.9. The Morgan fingerprint density at radius 2 is 1.91 bits per heavy atom. The Morgan fingerprint density at radius 1 is 1.30 bits per heavy atom. The molecule has 1 aromatic carbocycles. The minimum Gasteiger partial charge on any atom is -0.381 e. The van der Waals surface area contributed by atoms with Crippen LogP contribution in [0.2, 0.25) is 0 Å². The van der Waals surface area contributed by atoms with Gasteiger partial charge in [0.05, 0.1) is 5.92 Å². The van der Waals surface area contributed by atoms with Gasteiger partial charge in [0.15, 0.2) is 0 Å². The highest BCUT2D eigenvalue weighted by Gasteiger charge is 2.25. The first-order chi connectivity index (χ1) is 10.6. The lowest BCUT2D eigenvalue weighted by molar-refractivity contribution is -0.134. The number of rotatable bonds is 6. The quantitative estimate of drug-likeness (QED) is 0.866. The summed E-state index contributed by atoms with van der Waals surface area (Å²) in [4.78, 5) is 14.4. The van der Waals surface area contributed by atoms with Gasteiger partial charge < -0.3 is 15.4 Å². The van der Waals surface area contributed by atoms with Crippen LogP contribution in [0.4, 0.5) is 0 Å². The molecule has 1 amide bonds. The number of carbonyl (C=O) groups excluding carboxylic acids is 1. The van der Waals surface area contributed by atoms with Gasteiger partial charge in [-0.1, -0.05) is 37.3 Å². The van der Waals surface area contributed by atoms with Crippen LogP contribution in [0.1, 0.15) is 37.8 Å². The van der Waals surface area contributed by atoms with E-state index in [1.807, 2.05) is 49.2 Å². The zero-order valence-electron chi connectivity index (χ0n) is 14.1. The van der Waals surface area contributed by atoms with Crippen LogP contribution < -0.4 is 5.73 Å². The average molecular weight is 341 g/mol. The van der Waals surface area contributed by atoms with Crippen LogP contribution in [0.25, 0.3) is 0 Å². The number of hydrogen-bond donors (Lipinski definition) is 1. The molecule has 0 aromatic heterocycles. The highest BCUT2D eigenvalue weighted by Crippen LogP contribution is 2.22. The standard InChI is InChI=1S/C18H28N2O2.ClH/c1-14(17(19)16-6-4-3-5-7-16)18(21)20(2)11-8-15-9-12-22-13-10-15;/h3-7,14-15,17H,8-13,19H2,1-2H3;1H. The van der Waals surface area contributed by atoms with Crippen molar-refractivity contribution in [1.29, 1.82) is 0 Å². The Morgan fingerprint density at radius 3 is 2.52 bits per heavy atom. The molecule has 1 heterocycles. The number of benzene rings is 1. The molecule has 0 spiro atoms. The molecule has 0 bridgehead atoms. The van der Waals surface area contributed by atoms with Crippen molar-refractivity contribution >= 4 is 18.3 Å². The van der Waals surface area contributed by atoms with Crippen LogP contribution in [-0.4, -0.2) is 37.6 Å². The first-order valence-electron chi connectivity index (χ1n) is 8.23. The van der Waals surface area contributed by atoms with E-state index in [0.717, 1.165) is 44.6 Å². The van der Waals surface area contributed by atoms with E-state index in [0.29, 0.717) is 5.92 Å². The van der Waals surface area contributed by atoms with Crippen molar-refractivity contribution in [3.8, 4) is 0 Å². The van der Waals surface area contributed by atoms with Gasteiger partial charge in [-0.3, -0.25) is 4.79 Å². The Balaban J connectivity index is 0.00000264. The second-order valence-electron chi connectivity index (χ2n) is 6.33. The van der Waals surface area contributed by atoms with Crippen molar-refractivity contribution in [2.75, 3.05) is 26.8 Å². The van der Waals surface area contributed by atoms with E-state index in [-0.39, 0.29) is 30.3 Å². The van der Waals surface area contributed by atoms with Gasteiger partial charge in [0.2, 0.25) is 5.91 Å².